The zero-order valence-corrected chi connectivity index (χ0v) is 16.5. The van der Waals surface area contributed by atoms with E-state index < -0.39 is 22.9 Å². The molecule has 1 aliphatic carbocycles. The van der Waals surface area contributed by atoms with Gasteiger partial charge >= 0.3 is 5.97 Å². The number of benzene rings is 2. The van der Waals surface area contributed by atoms with Crippen molar-refractivity contribution < 1.29 is 24.4 Å². The number of aliphatic hydroxyl groups is 1. The Labute approximate surface area is 173 Å². The third-order valence-electron chi connectivity index (χ3n) is 4.88. The fraction of sp³-hybridized carbons (Fsp3) is 0.333. The van der Waals surface area contributed by atoms with Gasteiger partial charge in [0, 0.05) is 30.1 Å². The molecule has 1 atom stereocenters. The predicted molar refractivity (Wildman–Crippen MR) is 111 cm³/mol. The summed E-state index contributed by atoms with van der Waals surface area (Å²) in [5, 5.41) is 25.6. The molecule has 0 fully saturated rings. The van der Waals surface area contributed by atoms with Gasteiger partial charge in [-0.3, -0.25) is 14.9 Å². The van der Waals surface area contributed by atoms with Crippen molar-refractivity contribution in [3.05, 3.63) is 63.2 Å². The number of carbonyl (C=O) groups excluding carboxylic acids is 2. The van der Waals surface area contributed by atoms with Crippen LogP contribution in [0.2, 0.25) is 0 Å². The third kappa shape index (κ3) is 4.93. The molecular formula is C21H23N3O6. The van der Waals surface area contributed by atoms with Crippen LogP contribution in [0.4, 0.5) is 17.1 Å². The summed E-state index contributed by atoms with van der Waals surface area (Å²) < 4.78 is 5.24. The molecule has 3 N–H and O–H groups in total. The Morgan fingerprint density at radius 2 is 1.97 bits per heavy atom. The number of amides is 1. The quantitative estimate of drug-likeness (QED) is 0.344. The van der Waals surface area contributed by atoms with Crippen molar-refractivity contribution in [3.63, 3.8) is 0 Å². The van der Waals surface area contributed by atoms with Crippen molar-refractivity contribution in [2.45, 2.75) is 32.3 Å². The minimum absolute atomic E-state index is 0.0881. The molecule has 0 spiro atoms. The first-order valence-electron chi connectivity index (χ1n) is 9.66. The lowest BCUT2D eigenvalue weighted by atomic mass is 10.1. The Bertz CT molecular complexity index is 975. The number of nitro benzene ring substituents is 1. The van der Waals surface area contributed by atoms with Gasteiger partial charge in [-0.15, -0.1) is 0 Å². The van der Waals surface area contributed by atoms with Crippen molar-refractivity contribution in [2.24, 2.45) is 0 Å². The van der Waals surface area contributed by atoms with Crippen molar-refractivity contribution in [3.8, 4) is 0 Å². The number of hydrogen-bond acceptors (Lipinski definition) is 7. The highest BCUT2D eigenvalue weighted by molar-refractivity contribution is 6.00. The summed E-state index contributed by atoms with van der Waals surface area (Å²) in [6.45, 7) is 1.39. The fourth-order valence-electron chi connectivity index (χ4n) is 3.33. The highest BCUT2D eigenvalue weighted by atomic mass is 16.6. The van der Waals surface area contributed by atoms with E-state index in [1.54, 1.807) is 0 Å². The van der Waals surface area contributed by atoms with Gasteiger partial charge in [0.25, 0.3) is 11.6 Å². The topological polar surface area (TPSA) is 131 Å². The summed E-state index contributed by atoms with van der Waals surface area (Å²) in [7, 11) is 0. The Morgan fingerprint density at radius 3 is 2.70 bits per heavy atom. The Hall–Kier alpha value is -3.46. The molecular weight excluding hydrogens is 390 g/mol. The molecule has 2 aromatic rings. The number of anilines is 2. The number of nitrogens with zero attached hydrogens (tertiary/aromatic N) is 1. The van der Waals surface area contributed by atoms with Gasteiger partial charge in [0.2, 0.25) is 0 Å². The normalized spacial score (nSPS) is 13.3. The number of nitro groups is 1. The second-order valence-corrected chi connectivity index (χ2v) is 7.01. The summed E-state index contributed by atoms with van der Waals surface area (Å²) in [6, 6.07) is 9.39. The van der Waals surface area contributed by atoms with E-state index in [-0.39, 0.29) is 30.1 Å². The predicted octanol–water partition coefficient (Wildman–Crippen LogP) is 2.67. The largest absolute Gasteiger partial charge is 0.449 e. The molecule has 158 valence electrons. The Balaban J connectivity index is 1.70. The van der Waals surface area contributed by atoms with Crippen LogP contribution in [0, 0.1) is 10.1 Å². The summed E-state index contributed by atoms with van der Waals surface area (Å²) in [5.74, 6) is -1.38. The molecule has 0 saturated carbocycles. The van der Waals surface area contributed by atoms with Crippen LogP contribution in [0.1, 0.15) is 34.8 Å². The molecule has 0 saturated heterocycles. The number of nitrogens with one attached hydrogen (secondary N) is 2. The van der Waals surface area contributed by atoms with Crippen LogP contribution in [0.25, 0.3) is 0 Å². The maximum Gasteiger partial charge on any atom is 0.341 e. The zero-order chi connectivity index (χ0) is 21.7. The van der Waals surface area contributed by atoms with Gasteiger partial charge in [-0.05, 0) is 55.5 Å². The fourth-order valence-corrected chi connectivity index (χ4v) is 3.33. The van der Waals surface area contributed by atoms with Crippen molar-refractivity contribution in [1.82, 2.24) is 0 Å². The Kier molecular flexibility index (Phi) is 6.63. The molecule has 0 aliphatic heterocycles. The standard InChI is InChI=1S/C21H23N3O6/c1-13(20(26)23-16-6-5-14-3-2-4-15(14)11-16)30-21(27)18-12-17(24(28)29)7-8-19(18)22-9-10-25/h5-8,11-13,22,25H,2-4,9-10H2,1H3,(H,23,26)/t13-/m1/s1. The second kappa shape index (κ2) is 9.36. The van der Waals surface area contributed by atoms with E-state index in [0.29, 0.717) is 5.69 Å². The molecule has 0 aromatic heterocycles. The Morgan fingerprint density at radius 1 is 1.20 bits per heavy atom. The molecule has 9 heteroatoms. The minimum Gasteiger partial charge on any atom is -0.449 e. The van der Waals surface area contributed by atoms with Crippen LogP contribution in [-0.2, 0) is 22.4 Å². The van der Waals surface area contributed by atoms with Crippen molar-refractivity contribution in [2.75, 3.05) is 23.8 Å². The molecule has 0 unspecified atom stereocenters. The van der Waals surface area contributed by atoms with Crippen LogP contribution < -0.4 is 10.6 Å². The van der Waals surface area contributed by atoms with E-state index in [0.717, 1.165) is 25.3 Å². The number of aliphatic hydroxyl groups excluding tert-OH is 1. The summed E-state index contributed by atoms with van der Waals surface area (Å²) in [5.41, 5.74) is 3.01. The number of aryl methyl sites for hydroxylation is 2. The van der Waals surface area contributed by atoms with E-state index in [1.165, 1.54) is 30.2 Å². The molecule has 0 radical (unpaired) electrons. The van der Waals surface area contributed by atoms with E-state index in [1.807, 2.05) is 18.2 Å². The van der Waals surface area contributed by atoms with Crippen LogP contribution in [0.15, 0.2) is 36.4 Å². The first kappa shape index (κ1) is 21.3. The van der Waals surface area contributed by atoms with Gasteiger partial charge in [0.15, 0.2) is 6.10 Å². The number of hydrogen-bond donors (Lipinski definition) is 3. The summed E-state index contributed by atoms with van der Waals surface area (Å²) in [6.07, 6.45) is 1.99. The monoisotopic (exact) mass is 413 g/mol. The molecule has 9 nitrogen and oxygen atoms in total. The van der Waals surface area contributed by atoms with E-state index >= 15 is 0 Å². The lowest BCUT2D eigenvalue weighted by molar-refractivity contribution is -0.384. The second-order valence-electron chi connectivity index (χ2n) is 7.01. The van der Waals surface area contributed by atoms with Gasteiger partial charge in [0.05, 0.1) is 17.1 Å². The molecule has 1 amide bonds. The number of esters is 1. The van der Waals surface area contributed by atoms with Crippen LogP contribution in [0.3, 0.4) is 0 Å². The zero-order valence-electron chi connectivity index (χ0n) is 16.5. The first-order valence-corrected chi connectivity index (χ1v) is 9.66. The molecule has 3 rings (SSSR count). The minimum atomic E-state index is -1.12. The van der Waals surface area contributed by atoms with Crippen molar-refractivity contribution >= 4 is 28.9 Å². The number of rotatable bonds is 8. The van der Waals surface area contributed by atoms with Gasteiger partial charge < -0.3 is 20.5 Å². The SMILES string of the molecule is C[C@@H](OC(=O)c1cc([N+](=O)[O-])ccc1NCCO)C(=O)Nc1ccc2c(c1)CCC2. The highest BCUT2D eigenvalue weighted by Gasteiger charge is 2.23. The van der Waals surface area contributed by atoms with Gasteiger partial charge in [-0.1, -0.05) is 6.07 Å². The third-order valence-corrected chi connectivity index (χ3v) is 4.88. The average Bonchev–Trinajstić information content (AvgIpc) is 3.19. The maximum absolute atomic E-state index is 12.6. The van der Waals surface area contributed by atoms with Gasteiger partial charge in [-0.2, -0.15) is 0 Å². The smallest absolute Gasteiger partial charge is 0.341 e. The maximum atomic E-state index is 12.6. The lowest BCUT2D eigenvalue weighted by Gasteiger charge is -2.16. The summed E-state index contributed by atoms with van der Waals surface area (Å²) in [4.78, 5) is 35.5. The average molecular weight is 413 g/mol. The summed E-state index contributed by atoms with van der Waals surface area (Å²) >= 11 is 0. The number of fused-ring (bicyclic) bond motifs is 1. The van der Waals surface area contributed by atoms with Crippen LogP contribution >= 0.6 is 0 Å². The number of non-ortho nitro benzene ring substituents is 1. The van der Waals surface area contributed by atoms with Crippen molar-refractivity contribution in [1.29, 1.82) is 0 Å². The van der Waals surface area contributed by atoms with Gasteiger partial charge in [0.1, 0.15) is 0 Å². The van der Waals surface area contributed by atoms with E-state index in [9.17, 15) is 19.7 Å². The number of carbonyl (C=O) groups is 2. The first-order chi connectivity index (χ1) is 14.4. The highest BCUT2D eigenvalue weighted by Crippen LogP contribution is 2.26. The van der Waals surface area contributed by atoms with Gasteiger partial charge in [-0.25, -0.2) is 4.79 Å². The van der Waals surface area contributed by atoms with E-state index in [2.05, 4.69) is 10.6 Å². The molecule has 0 heterocycles. The molecule has 1 aliphatic rings. The number of ether oxygens (including phenoxy) is 1. The molecule has 0 bridgehead atoms. The molecule has 2 aromatic carbocycles. The lowest BCUT2D eigenvalue weighted by Crippen LogP contribution is -2.30. The van der Waals surface area contributed by atoms with E-state index in [4.69, 9.17) is 9.84 Å². The molecule has 30 heavy (non-hydrogen) atoms. The van der Waals surface area contributed by atoms with Crippen LogP contribution in [-0.4, -0.2) is 41.2 Å². The van der Waals surface area contributed by atoms with Crippen LogP contribution in [0.5, 0.6) is 0 Å².